The number of carbonyl (C=O) groups excluding carboxylic acids is 1. The number of allylic oxidation sites excluding steroid dienone is 2. The maximum absolute atomic E-state index is 13.0. The van der Waals surface area contributed by atoms with Gasteiger partial charge in [-0.2, -0.15) is 0 Å². The molecule has 2 aromatic carbocycles. The zero-order chi connectivity index (χ0) is 24.1. The Kier molecular flexibility index (Phi) is 10.6. The third-order valence-electron chi connectivity index (χ3n) is 5.17. The molecule has 2 rings (SSSR count). The van der Waals surface area contributed by atoms with Gasteiger partial charge < -0.3 is 26.0 Å². The van der Waals surface area contributed by atoms with E-state index < -0.39 is 0 Å². The zero-order valence-electron chi connectivity index (χ0n) is 20.1. The Balaban J connectivity index is 1.94. The highest BCUT2D eigenvalue weighted by Gasteiger charge is 2.18. The van der Waals surface area contributed by atoms with E-state index in [4.69, 9.17) is 10.5 Å². The molecule has 6 nitrogen and oxygen atoms in total. The maximum atomic E-state index is 13.0. The summed E-state index contributed by atoms with van der Waals surface area (Å²) in [6, 6.07) is 18.1. The van der Waals surface area contributed by atoms with E-state index in [-0.39, 0.29) is 5.91 Å². The molecule has 0 atom stereocenters. The minimum atomic E-state index is -0.174. The number of rotatable bonds is 12. The first-order valence-corrected chi connectivity index (χ1v) is 11.2. The molecule has 0 aromatic heterocycles. The molecule has 0 fully saturated rings. The van der Waals surface area contributed by atoms with Crippen molar-refractivity contribution in [3.63, 3.8) is 0 Å². The molecular weight excluding hydrogens is 412 g/mol. The largest absolute Gasteiger partial charge is 0.493 e. The average Bonchev–Trinajstić information content (AvgIpc) is 2.85. The summed E-state index contributed by atoms with van der Waals surface area (Å²) in [5, 5.41) is 6.07. The van der Waals surface area contributed by atoms with Crippen molar-refractivity contribution >= 4 is 5.91 Å². The number of amides is 1. The number of nitrogens with zero attached hydrogens (tertiary/aromatic N) is 1. The summed E-state index contributed by atoms with van der Waals surface area (Å²) in [6.07, 6.45) is 6.80. The van der Waals surface area contributed by atoms with Gasteiger partial charge >= 0.3 is 0 Å². The molecule has 0 bridgehead atoms. The van der Waals surface area contributed by atoms with Gasteiger partial charge in [0.05, 0.1) is 6.61 Å². The number of likely N-dealkylation sites (N-methyl/N-ethyl adjacent to an activating group) is 1. The minimum Gasteiger partial charge on any atom is -0.493 e. The summed E-state index contributed by atoms with van der Waals surface area (Å²) in [7, 11) is 3.46. The maximum Gasteiger partial charge on any atom is 0.273 e. The number of carbonyl (C=O) groups is 1. The molecule has 1 amide bonds. The first-order chi connectivity index (χ1) is 16.0. The van der Waals surface area contributed by atoms with Crippen LogP contribution in [0.3, 0.4) is 0 Å². The summed E-state index contributed by atoms with van der Waals surface area (Å²) in [6.45, 7) is 5.50. The third kappa shape index (κ3) is 8.41. The quantitative estimate of drug-likeness (QED) is 0.341. The summed E-state index contributed by atoms with van der Waals surface area (Å²) in [5.41, 5.74) is 9.75. The Morgan fingerprint density at radius 3 is 2.36 bits per heavy atom. The topological polar surface area (TPSA) is 79.6 Å². The van der Waals surface area contributed by atoms with Gasteiger partial charge in [0.2, 0.25) is 0 Å². The van der Waals surface area contributed by atoms with Crippen LogP contribution in [0.4, 0.5) is 0 Å². The lowest BCUT2D eigenvalue weighted by Gasteiger charge is -2.22. The molecule has 0 radical (unpaired) electrons. The van der Waals surface area contributed by atoms with E-state index in [1.807, 2.05) is 74.5 Å². The highest BCUT2D eigenvalue weighted by Crippen LogP contribution is 2.14. The minimum absolute atomic E-state index is 0.174. The first kappa shape index (κ1) is 25.6. The molecule has 0 heterocycles. The molecule has 2 aromatic rings. The molecule has 0 aliphatic carbocycles. The van der Waals surface area contributed by atoms with E-state index in [1.165, 1.54) is 5.56 Å². The van der Waals surface area contributed by atoms with Crippen LogP contribution in [0.15, 0.2) is 89.9 Å². The van der Waals surface area contributed by atoms with Crippen LogP contribution in [0.1, 0.15) is 25.0 Å². The van der Waals surface area contributed by atoms with Gasteiger partial charge in [-0.3, -0.25) is 4.79 Å². The van der Waals surface area contributed by atoms with Gasteiger partial charge in [-0.25, -0.2) is 0 Å². The van der Waals surface area contributed by atoms with Crippen molar-refractivity contribution in [2.75, 3.05) is 27.2 Å². The fourth-order valence-electron chi connectivity index (χ4n) is 3.23. The lowest BCUT2D eigenvalue weighted by Crippen LogP contribution is -2.38. The Labute approximate surface area is 197 Å². The smallest absolute Gasteiger partial charge is 0.273 e. The predicted octanol–water partition coefficient (Wildman–Crippen LogP) is 3.73. The Bertz CT molecular complexity index is 963. The molecule has 0 aliphatic heterocycles. The van der Waals surface area contributed by atoms with Crippen LogP contribution in [-0.2, 0) is 17.8 Å². The van der Waals surface area contributed by atoms with Crippen molar-refractivity contribution in [1.29, 1.82) is 0 Å². The van der Waals surface area contributed by atoms with Gasteiger partial charge in [-0.05, 0) is 42.7 Å². The van der Waals surface area contributed by atoms with E-state index in [0.29, 0.717) is 31.2 Å². The van der Waals surface area contributed by atoms with Crippen molar-refractivity contribution in [3.05, 3.63) is 101 Å². The number of hydrogen-bond donors (Lipinski definition) is 3. The zero-order valence-corrected chi connectivity index (χ0v) is 20.1. The molecular formula is C27H36N4O2. The molecule has 0 saturated heterocycles. The summed E-state index contributed by atoms with van der Waals surface area (Å²) in [5.74, 6) is 0.950. The highest BCUT2D eigenvalue weighted by molar-refractivity contribution is 5.93. The van der Waals surface area contributed by atoms with Crippen LogP contribution in [0, 0.1) is 0 Å². The average molecular weight is 449 g/mol. The van der Waals surface area contributed by atoms with Crippen molar-refractivity contribution in [2.45, 2.75) is 26.8 Å². The molecule has 0 saturated carbocycles. The van der Waals surface area contributed by atoms with E-state index in [0.717, 1.165) is 23.3 Å². The number of nitrogens with one attached hydrogen (secondary N) is 2. The molecule has 0 unspecified atom stereocenters. The second-order valence-corrected chi connectivity index (χ2v) is 7.65. The van der Waals surface area contributed by atoms with E-state index in [1.54, 1.807) is 19.0 Å². The standard InChI is InChI=1S/C27H36N4O2/c1-5-10-21(6-2)20-31(4)27(32)25(26(28)29-3)30-19-23-13-15-24(16-14-23)33-18-17-22-11-8-7-9-12-22/h5-16,29-30H,17-20,28H2,1-4H3/b10-5-,21-6+,26-25+. The van der Waals surface area contributed by atoms with Crippen LogP contribution in [0.25, 0.3) is 0 Å². The van der Waals surface area contributed by atoms with Gasteiger partial charge in [-0.15, -0.1) is 0 Å². The number of benzene rings is 2. The molecule has 176 valence electrons. The normalized spacial score (nSPS) is 12.3. The predicted molar refractivity (Wildman–Crippen MR) is 135 cm³/mol. The Hall–Kier alpha value is -3.67. The SMILES string of the molecule is C/C=C\C(=C/C)CN(C)C(=O)/C(NCc1ccc(OCCc2ccccc2)cc1)=C(/N)NC. The van der Waals surface area contributed by atoms with E-state index >= 15 is 0 Å². The molecule has 0 spiro atoms. The summed E-state index contributed by atoms with van der Waals surface area (Å²) < 4.78 is 5.85. The second-order valence-electron chi connectivity index (χ2n) is 7.65. The van der Waals surface area contributed by atoms with Crippen molar-refractivity contribution in [2.24, 2.45) is 5.73 Å². The van der Waals surface area contributed by atoms with Gasteiger partial charge in [0.25, 0.3) is 5.91 Å². The summed E-state index contributed by atoms with van der Waals surface area (Å²) in [4.78, 5) is 14.7. The van der Waals surface area contributed by atoms with Crippen molar-refractivity contribution < 1.29 is 9.53 Å². The van der Waals surface area contributed by atoms with Crippen LogP contribution in [0.2, 0.25) is 0 Å². The van der Waals surface area contributed by atoms with Gasteiger partial charge in [-0.1, -0.05) is 60.7 Å². The number of ether oxygens (including phenoxy) is 1. The van der Waals surface area contributed by atoms with Crippen LogP contribution < -0.4 is 21.1 Å². The first-order valence-electron chi connectivity index (χ1n) is 11.2. The fourth-order valence-corrected chi connectivity index (χ4v) is 3.23. The fraction of sp³-hybridized carbons (Fsp3) is 0.296. The van der Waals surface area contributed by atoms with Crippen LogP contribution >= 0.6 is 0 Å². The lowest BCUT2D eigenvalue weighted by atomic mass is 10.2. The molecule has 4 N–H and O–H groups in total. The van der Waals surface area contributed by atoms with Crippen LogP contribution in [0.5, 0.6) is 5.75 Å². The van der Waals surface area contributed by atoms with Crippen molar-refractivity contribution in [3.8, 4) is 5.75 Å². The van der Waals surface area contributed by atoms with Crippen molar-refractivity contribution in [1.82, 2.24) is 15.5 Å². The number of nitrogens with two attached hydrogens (primary N) is 1. The second kappa shape index (κ2) is 13.7. The molecule has 33 heavy (non-hydrogen) atoms. The molecule has 0 aliphatic rings. The van der Waals surface area contributed by atoms with Gasteiger partial charge in [0.1, 0.15) is 17.3 Å². The third-order valence-corrected chi connectivity index (χ3v) is 5.17. The Morgan fingerprint density at radius 1 is 1.06 bits per heavy atom. The van der Waals surface area contributed by atoms with Gasteiger partial charge in [0, 0.05) is 33.6 Å². The number of hydrogen-bond acceptors (Lipinski definition) is 5. The van der Waals surface area contributed by atoms with E-state index in [9.17, 15) is 4.79 Å². The highest BCUT2D eigenvalue weighted by atomic mass is 16.5. The van der Waals surface area contributed by atoms with E-state index in [2.05, 4.69) is 22.8 Å². The van der Waals surface area contributed by atoms with Crippen LogP contribution in [-0.4, -0.2) is 38.1 Å². The Morgan fingerprint density at radius 2 is 1.76 bits per heavy atom. The lowest BCUT2D eigenvalue weighted by molar-refractivity contribution is -0.126. The van der Waals surface area contributed by atoms with Gasteiger partial charge in [0.15, 0.2) is 0 Å². The molecule has 6 heteroatoms. The summed E-state index contributed by atoms with van der Waals surface area (Å²) >= 11 is 0. The monoisotopic (exact) mass is 448 g/mol.